The maximum absolute atomic E-state index is 11.5. The molecule has 3 heteroatoms. The van der Waals surface area contributed by atoms with Gasteiger partial charge in [0.1, 0.15) is 0 Å². The highest BCUT2D eigenvalue weighted by atomic mass is 16.5. The molecule has 30 heavy (non-hydrogen) atoms. The third-order valence-corrected chi connectivity index (χ3v) is 4.60. The summed E-state index contributed by atoms with van der Waals surface area (Å²) in [5.74, 6) is -0.349. The smallest absolute Gasteiger partial charge is 0.330 e. The highest BCUT2D eigenvalue weighted by Crippen LogP contribution is 2.33. The Kier molecular flexibility index (Phi) is 7.01. The lowest BCUT2D eigenvalue weighted by atomic mass is 10.1. The van der Waals surface area contributed by atoms with Crippen molar-refractivity contribution in [2.45, 2.75) is 6.92 Å². The first-order valence-corrected chi connectivity index (χ1v) is 9.84. The van der Waals surface area contributed by atoms with Crippen molar-refractivity contribution in [2.24, 2.45) is 0 Å². The Balaban J connectivity index is 1.93. The zero-order valence-corrected chi connectivity index (χ0v) is 17.1. The summed E-state index contributed by atoms with van der Waals surface area (Å²) in [5.41, 5.74) is 5.54. The van der Waals surface area contributed by atoms with Gasteiger partial charge in [0.15, 0.2) is 0 Å². The predicted molar refractivity (Wildman–Crippen MR) is 126 cm³/mol. The molecule has 3 rings (SSSR count). The molecule has 150 valence electrons. The largest absolute Gasteiger partial charge is 0.463 e. The van der Waals surface area contributed by atoms with Crippen LogP contribution >= 0.6 is 0 Å². The molecule has 0 spiro atoms. The molecule has 3 aromatic rings. The lowest BCUT2D eigenvalue weighted by Gasteiger charge is -2.29. The van der Waals surface area contributed by atoms with Gasteiger partial charge in [0.05, 0.1) is 6.61 Å². The molecule has 0 fully saturated rings. The summed E-state index contributed by atoms with van der Waals surface area (Å²) in [6.07, 6.45) is 3.17. The number of nitrogens with zero attached hydrogens (tertiary/aromatic N) is 1. The highest BCUT2D eigenvalue weighted by molar-refractivity contribution is 5.94. The van der Waals surface area contributed by atoms with Gasteiger partial charge < -0.3 is 9.64 Å². The van der Waals surface area contributed by atoms with Crippen molar-refractivity contribution in [1.29, 1.82) is 0 Å². The lowest BCUT2D eigenvalue weighted by molar-refractivity contribution is -0.137. The molecule has 0 atom stereocenters. The molecular formula is C27H25NO2. The lowest BCUT2D eigenvalue weighted by Crippen LogP contribution is -2.18. The average molecular weight is 396 g/mol. The van der Waals surface area contributed by atoms with Gasteiger partial charge in [-0.3, -0.25) is 0 Å². The molecule has 0 aliphatic rings. The standard InChI is InChI=1S/C27H25NO2/c1-4-30-27(29)20-17-23-15-18-26(19-16-23)28(21(2)24-11-7-5-8-12-24)22(3)25-13-9-6-10-14-25/h5-20H,2-4H2,1H3/b20-17+. The number of ether oxygens (including phenoxy) is 1. The quantitative estimate of drug-likeness (QED) is 0.326. The molecule has 0 N–H and O–H groups in total. The number of hydrogen-bond donors (Lipinski definition) is 0. The Bertz CT molecular complexity index is 984. The topological polar surface area (TPSA) is 29.5 Å². The number of benzene rings is 3. The molecular weight excluding hydrogens is 370 g/mol. The Hall–Kier alpha value is -3.85. The van der Waals surface area contributed by atoms with Crippen molar-refractivity contribution in [1.82, 2.24) is 0 Å². The zero-order valence-electron chi connectivity index (χ0n) is 17.1. The van der Waals surface area contributed by atoms with E-state index in [4.69, 9.17) is 4.74 Å². The molecule has 0 amide bonds. The summed E-state index contributed by atoms with van der Waals surface area (Å²) >= 11 is 0. The van der Waals surface area contributed by atoms with Crippen molar-refractivity contribution in [3.05, 3.63) is 121 Å². The summed E-state index contributed by atoms with van der Waals surface area (Å²) in [7, 11) is 0. The molecule has 3 nitrogen and oxygen atoms in total. The van der Waals surface area contributed by atoms with Crippen LogP contribution in [-0.2, 0) is 9.53 Å². The van der Waals surface area contributed by atoms with Gasteiger partial charge in [-0.25, -0.2) is 4.79 Å². The monoisotopic (exact) mass is 395 g/mol. The molecule has 0 heterocycles. The van der Waals surface area contributed by atoms with Crippen molar-refractivity contribution in [2.75, 3.05) is 11.5 Å². The van der Waals surface area contributed by atoms with Gasteiger partial charge in [-0.05, 0) is 41.8 Å². The summed E-state index contributed by atoms with van der Waals surface area (Å²) in [6.45, 7) is 10.8. The normalized spacial score (nSPS) is 10.6. The van der Waals surface area contributed by atoms with E-state index in [0.29, 0.717) is 6.61 Å². The van der Waals surface area contributed by atoms with Gasteiger partial charge in [0.2, 0.25) is 0 Å². The average Bonchev–Trinajstić information content (AvgIpc) is 2.80. The van der Waals surface area contributed by atoms with E-state index >= 15 is 0 Å². The van der Waals surface area contributed by atoms with E-state index in [1.807, 2.05) is 89.8 Å². The van der Waals surface area contributed by atoms with Crippen LogP contribution in [0.25, 0.3) is 17.5 Å². The van der Waals surface area contributed by atoms with Crippen LogP contribution in [0.1, 0.15) is 23.6 Å². The van der Waals surface area contributed by atoms with Gasteiger partial charge in [0.25, 0.3) is 0 Å². The van der Waals surface area contributed by atoms with Crippen molar-refractivity contribution >= 4 is 29.1 Å². The summed E-state index contributed by atoms with van der Waals surface area (Å²) < 4.78 is 4.93. The van der Waals surface area contributed by atoms with Gasteiger partial charge in [-0.15, -0.1) is 0 Å². The first-order chi connectivity index (χ1) is 14.6. The Labute approximate surface area is 178 Å². The number of carbonyl (C=O) groups is 1. The number of hydrogen-bond acceptors (Lipinski definition) is 3. The molecule has 0 bridgehead atoms. The Morgan fingerprint density at radius 1 is 0.833 bits per heavy atom. The zero-order chi connectivity index (χ0) is 21.3. The molecule has 0 radical (unpaired) electrons. The van der Waals surface area contributed by atoms with Crippen LogP contribution in [0.3, 0.4) is 0 Å². The number of anilines is 1. The van der Waals surface area contributed by atoms with Crippen molar-refractivity contribution in [3.8, 4) is 0 Å². The third-order valence-electron chi connectivity index (χ3n) is 4.60. The van der Waals surface area contributed by atoms with Crippen molar-refractivity contribution < 1.29 is 9.53 Å². The molecule has 0 aliphatic carbocycles. The third kappa shape index (κ3) is 5.15. The second kappa shape index (κ2) is 10.1. The van der Waals surface area contributed by atoms with Crippen LogP contribution in [0.4, 0.5) is 5.69 Å². The van der Waals surface area contributed by atoms with E-state index in [2.05, 4.69) is 13.2 Å². The van der Waals surface area contributed by atoms with E-state index < -0.39 is 0 Å². The minimum Gasteiger partial charge on any atom is -0.463 e. The molecule has 3 aromatic carbocycles. The predicted octanol–water partition coefficient (Wildman–Crippen LogP) is 6.41. The van der Waals surface area contributed by atoms with E-state index in [9.17, 15) is 4.79 Å². The van der Waals surface area contributed by atoms with Crippen LogP contribution in [-0.4, -0.2) is 12.6 Å². The van der Waals surface area contributed by atoms with E-state index in [-0.39, 0.29) is 5.97 Å². The molecule has 0 aromatic heterocycles. The minimum absolute atomic E-state index is 0.349. The van der Waals surface area contributed by atoms with Gasteiger partial charge in [0, 0.05) is 23.2 Å². The second-order valence-electron chi connectivity index (χ2n) is 6.64. The number of esters is 1. The fourth-order valence-corrected chi connectivity index (χ4v) is 3.08. The van der Waals surface area contributed by atoms with Gasteiger partial charge >= 0.3 is 5.97 Å². The van der Waals surface area contributed by atoms with Crippen LogP contribution in [0.2, 0.25) is 0 Å². The first kappa shape index (κ1) is 20.9. The SMILES string of the molecule is C=C(c1ccccc1)N(C(=C)c1ccccc1)c1ccc(/C=C/C(=O)OCC)cc1. The first-order valence-electron chi connectivity index (χ1n) is 9.84. The van der Waals surface area contributed by atoms with Gasteiger partial charge in [-0.2, -0.15) is 0 Å². The summed E-state index contributed by atoms with van der Waals surface area (Å²) in [4.78, 5) is 13.6. The Morgan fingerprint density at radius 3 is 1.80 bits per heavy atom. The molecule has 0 unspecified atom stereocenters. The van der Waals surface area contributed by atoms with Crippen LogP contribution in [0, 0.1) is 0 Å². The summed E-state index contributed by atoms with van der Waals surface area (Å²) in [6, 6.07) is 28.0. The van der Waals surface area contributed by atoms with Crippen molar-refractivity contribution in [3.63, 3.8) is 0 Å². The maximum atomic E-state index is 11.5. The molecule has 0 saturated heterocycles. The summed E-state index contributed by atoms with van der Waals surface area (Å²) in [5, 5.41) is 0. The van der Waals surface area contributed by atoms with E-state index in [1.54, 1.807) is 13.0 Å². The van der Waals surface area contributed by atoms with Gasteiger partial charge in [-0.1, -0.05) is 86.0 Å². The highest BCUT2D eigenvalue weighted by Gasteiger charge is 2.17. The fourth-order valence-electron chi connectivity index (χ4n) is 3.08. The second-order valence-corrected chi connectivity index (χ2v) is 6.64. The maximum Gasteiger partial charge on any atom is 0.330 e. The van der Waals surface area contributed by atoms with Crippen LogP contribution in [0.5, 0.6) is 0 Å². The fraction of sp³-hybridized carbons (Fsp3) is 0.0741. The van der Waals surface area contributed by atoms with E-state index in [0.717, 1.165) is 33.8 Å². The number of carbonyl (C=O) groups excluding carboxylic acids is 1. The minimum atomic E-state index is -0.349. The van der Waals surface area contributed by atoms with Crippen LogP contribution < -0.4 is 4.90 Å². The number of rotatable bonds is 8. The Morgan fingerprint density at radius 2 is 1.33 bits per heavy atom. The molecule has 0 saturated carbocycles. The molecule has 0 aliphatic heterocycles. The van der Waals surface area contributed by atoms with Crippen LogP contribution in [0.15, 0.2) is 104 Å². The van der Waals surface area contributed by atoms with E-state index in [1.165, 1.54) is 6.08 Å².